The number of nitrogens with one attached hydrogen (secondary N) is 1. The van der Waals surface area contributed by atoms with Crippen molar-refractivity contribution in [2.75, 3.05) is 4.72 Å². The molecule has 4 nitrogen and oxygen atoms in total. The molecule has 26 heavy (non-hydrogen) atoms. The van der Waals surface area contributed by atoms with E-state index < -0.39 is 10.0 Å². The highest BCUT2D eigenvalue weighted by atomic mass is 32.2. The summed E-state index contributed by atoms with van der Waals surface area (Å²) in [4.78, 5) is 4.90. The predicted octanol–water partition coefficient (Wildman–Crippen LogP) is 5.07. The zero-order valence-electron chi connectivity index (χ0n) is 14.0. The van der Waals surface area contributed by atoms with Gasteiger partial charge in [0.15, 0.2) is 0 Å². The van der Waals surface area contributed by atoms with Crippen LogP contribution in [0.1, 0.15) is 5.56 Å². The lowest BCUT2D eigenvalue weighted by molar-refractivity contribution is 0.601. The maximum Gasteiger partial charge on any atom is 0.261 e. The second-order valence-corrected chi connectivity index (χ2v) is 8.65. The molecule has 4 rings (SSSR count). The van der Waals surface area contributed by atoms with Crippen LogP contribution in [-0.4, -0.2) is 13.4 Å². The van der Waals surface area contributed by atoms with Gasteiger partial charge >= 0.3 is 0 Å². The fourth-order valence-corrected chi connectivity index (χ4v) is 4.82. The summed E-state index contributed by atoms with van der Waals surface area (Å²) in [5, 5.41) is 0.923. The Morgan fingerprint density at radius 3 is 2.38 bits per heavy atom. The van der Waals surface area contributed by atoms with Gasteiger partial charge in [-0.1, -0.05) is 30.3 Å². The van der Waals surface area contributed by atoms with E-state index in [9.17, 15) is 8.42 Å². The van der Waals surface area contributed by atoms with Crippen LogP contribution in [0.15, 0.2) is 77.7 Å². The smallest absolute Gasteiger partial charge is 0.261 e. The lowest BCUT2D eigenvalue weighted by Gasteiger charge is -2.11. The first-order valence-corrected chi connectivity index (χ1v) is 10.4. The van der Waals surface area contributed by atoms with E-state index in [0.29, 0.717) is 5.69 Å². The molecule has 0 saturated heterocycles. The van der Waals surface area contributed by atoms with E-state index in [2.05, 4.69) is 9.71 Å². The molecule has 0 spiro atoms. The van der Waals surface area contributed by atoms with Crippen molar-refractivity contribution < 1.29 is 8.42 Å². The molecule has 0 fully saturated rings. The standard InChI is InChI=1S/C20H16N2O2S2/c1-14-13-15(20-21-18-9-5-6-10-19(18)25-20)11-12-17(14)22-26(23,24)16-7-3-2-4-8-16/h2-13,22H,1H3. The van der Waals surface area contributed by atoms with Crippen LogP contribution in [-0.2, 0) is 10.0 Å². The molecule has 3 aromatic carbocycles. The summed E-state index contributed by atoms with van der Waals surface area (Å²) in [6.45, 7) is 1.89. The van der Waals surface area contributed by atoms with Crippen LogP contribution < -0.4 is 4.72 Å². The van der Waals surface area contributed by atoms with Gasteiger partial charge in [0, 0.05) is 5.56 Å². The molecule has 0 unspecified atom stereocenters. The second-order valence-electron chi connectivity index (χ2n) is 5.93. The van der Waals surface area contributed by atoms with Crippen molar-refractivity contribution >= 4 is 37.3 Å². The van der Waals surface area contributed by atoms with Crippen LogP contribution in [0.2, 0.25) is 0 Å². The first-order valence-electron chi connectivity index (χ1n) is 8.07. The SMILES string of the molecule is Cc1cc(-c2nc3ccccc3s2)ccc1NS(=O)(=O)c1ccccc1. The van der Waals surface area contributed by atoms with E-state index in [1.807, 2.05) is 43.3 Å². The fraction of sp³-hybridized carbons (Fsp3) is 0.0500. The van der Waals surface area contributed by atoms with Gasteiger partial charge < -0.3 is 0 Å². The van der Waals surface area contributed by atoms with Gasteiger partial charge in [0.2, 0.25) is 0 Å². The fourth-order valence-electron chi connectivity index (χ4n) is 2.71. The number of anilines is 1. The quantitative estimate of drug-likeness (QED) is 0.537. The van der Waals surface area contributed by atoms with Crippen LogP contribution in [0.5, 0.6) is 0 Å². The Morgan fingerprint density at radius 2 is 1.65 bits per heavy atom. The molecule has 1 N–H and O–H groups in total. The molecule has 0 aliphatic carbocycles. The van der Waals surface area contributed by atoms with Crippen molar-refractivity contribution in [2.45, 2.75) is 11.8 Å². The van der Waals surface area contributed by atoms with Gasteiger partial charge in [-0.25, -0.2) is 13.4 Å². The molecule has 6 heteroatoms. The van der Waals surface area contributed by atoms with E-state index >= 15 is 0 Å². The van der Waals surface area contributed by atoms with Crippen LogP contribution in [0.25, 0.3) is 20.8 Å². The van der Waals surface area contributed by atoms with Crippen LogP contribution in [0, 0.1) is 6.92 Å². The Balaban J connectivity index is 1.66. The summed E-state index contributed by atoms with van der Waals surface area (Å²) in [5.41, 5.74) is 3.37. The molecule has 130 valence electrons. The Labute approximate surface area is 156 Å². The van der Waals surface area contributed by atoms with Gasteiger partial charge in [0.05, 0.1) is 20.8 Å². The Bertz CT molecular complexity index is 1150. The predicted molar refractivity (Wildman–Crippen MR) is 107 cm³/mol. The number of para-hydroxylation sites is 1. The molecule has 4 aromatic rings. The van der Waals surface area contributed by atoms with Crippen molar-refractivity contribution in [2.24, 2.45) is 0 Å². The van der Waals surface area contributed by atoms with E-state index in [-0.39, 0.29) is 4.90 Å². The highest BCUT2D eigenvalue weighted by molar-refractivity contribution is 7.92. The average Bonchev–Trinajstić information content (AvgIpc) is 3.08. The molecule has 0 bridgehead atoms. The number of hydrogen-bond acceptors (Lipinski definition) is 4. The number of hydrogen-bond donors (Lipinski definition) is 1. The number of thiazole rings is 1. The first-order chi connectivity index (χ1) is 12.5. The van der Waals surface area contributed by atoms with E-state index in [0.717, 1.165) is 26.4 Å². The van der Waals surface area contributed by atoms with Gasteiger partial charge in [-0.15, -0.1) is 11.3 Å². The highest BCUT2D eigenvalue weighted by Crippen LogP contribution is 2.32. The zero-order chi connectivity index (χ0) is 18.1. The lowest BCUT2D eigenvalue weighted by Crippen LogP contribution is -2.13. The van der Waals surface area contributed by atoms with Crippen LogP contribution in [0.3, 0.4) is 0 Å². The average molecular weight is 380 g/mol. The van der Waals surface area contributed by atoms with Crippen molar-refractivity contribution in [3.05, 3.63) is 78.4 Å². The summed E-state index contributed by atoms with van der Waals surface area (Å²) in [6, 6.07) is 22.0. The molecule has 0 radical (unpaired) electrons. The van der Waals surface area contributed by atoms with Gasteiger partial charge in [0.25, 0.3) is 10.0 Å². The summed E-state index contributed by atoms with van der Waals surface area (Å²) in [5.74, 6) is 0. The van der Waals surface area contributed by atoms with Crippen LogP contribution in [0.4, 0.5) is 5.69 Å². The Hall–Kier alpha value is -2.70. The molecule has 0 aliphatic heterocycles. The Morgan fingerprint density at radius 1 is 0.923 bits per heavy atom. The van der Waals surface area contributed by atoms with E-state index in [1.165, 1.54) is 0 Å². The number of benzene rings is 3. The normalized spacial score (nSPS) is 11.6. The number of nitrogens with zero attached hydrogens (tertiary/aromatic N) is 1. The lowest BCUT2D eigenvalue weighted by atomic mass is 10.1. The number of rotatable bonds is 4. The van der Waals surface area contributed by atoms with Crippen molar-refractivity contribution in [3.63, 3.8) is 0 Å². The monoisotopic (exact) mass is 380 g/mol. The highest BCUT2D eigenvalue weighted by Gasteiger charge is 2.15. The summed E-state index contributed by atoms with van der Waals surface area (Å²) >= 11 is 1.63. The molecular formula is C20H16N2O2S2. The largest absolute Gasteiger partial charge is 0.279 e. The van der Waals surface area contributed by atoms with Gasteiger partial charge in [-0.2, -0.15) is 0 Å². The molecule has 0 atom stereocenters. The molecule has 0 amide bonds. The van der Waals surface area contributed by atoms with E-state index in [1.54, 1.807) is 47.7 Å². The maximum absolute atomic E-state index is 12.5. The van der Waals surface area contributed by atoms with Crippen LogP contribution >= 0.6 is 11.3 Å². The van der Waals surface area contributed by atoms with Crippen molar-refractivity contribution in [1.82, 2.24) is 4.98 Å². The first kappa shape index (κ1) is 16.8. The Kier molecular flexibility index (Phi) is 4.22. The molecule has 1 aromatic heterocycles. The third kappa shape index (κ3) is 3.21. The van der Waals surface area contributed by atoms with Gasteiger partial charge in [-0.05, 0) is 55.0 Å². The van der Waals surface area contributed by atoms with Crippen molar-refractivity contribution in [3.8, 4) is 10.6 Å². The molecular weight excluding hydrogens is 364 g/mol. The molecule has 0 saturated carbocycles. The topological polar surface area (TPSA) is 59.1 Å². The van der Waals surface area contributed by atoms with Crippen molar-refractivity contribution in [1.29, 1.82) is 0 Å². The number of aromatic nitrogens is 1. The minimum absolute atomic E-state index is 0.245. The molecule has 0 aliphatic rings. The number of aryl methyl sites for hydroxylation is 1. The third-order valence-corrected chi connectivity index (χ3v) is 6.53. The number of fused-ring (bicyclic) bond motifs is 1. The number of sulfonamides is 1. The molecule has 1 heterocycles. The summed E-state index contributed by atoms with van der Waals surface area (Å²) in [6.07, 6.45) is 0. The second kappa shape index (κ2) is 6.55. The van der Waals surface area contributed by atoms with Gasteiger partial charge in [0.1, 0.15) is 5.01 Å². The minimum atomic E-state index is -3.60. The summed E-state index contributed by atoms with van der Waals surface area (Å²) in [7, 11) is -3.60. The zero-order valence-corrected chi connectivity index (χ0v) is 15.6. The maximum atomic E-state index is 12.5. The van der Waals surface area contributed by atoms with Gasteiger partial charge in [-0.3, -0.25) is 4.72 Å². The minimum Gasteiger partial charge on any atom is -0.279 e. The summed E-state index contributed by atoms with van der Waals surface area (Å²) < 4.78 is 28.8. The van der Waals surface area contributed by atoms with E-state index in [4.69, 9.17) is 0 Å². The third-order valence-electron chi connectivity index (χ3n) is 4.07.